The molecule has 1 fully saturated rings. The second kappa shape index (κ2) is 4.42. The quantitative estimate of drug-likeness (QED) is 0.682. The van der Waals surface area contributed by atoms with Crippen LogP contribution in [-0.2, 0) is 6.54 Å². The first-order valence-electron chi connectivity index (χ1n) is 6.33. The normalized spacial score (nSPS) is 29.2. The van der Waals surface area contributed by atoms with E-state index in [4.69, 9.17) is 0 Å². The summed E-state index contributed by atoms with van der Waals surface area (Å²) in [5.41, 5.74) is 1.45. The van der Waals surface area contributed by atoms with Gasteiger partial charge in [0.25, 0.3) is 0 Å². The van der Waals surface area contributed by atoms with Gasteiger partial charge in [-0.15, -0.1) is 0 Å². The Hall–Kier alpha value is -1.08. The molecule has 1 heterocycles. The summed E-state index contributed by atoms with van der Waals surface area (Å²) in [6, 6.07) is 10.8. The molecule has 1 saturated heterocycles. The Labute approximate surface area is 97.8 Å². The molecule has 0 aromatic heterocycles. The SMILES string of the molecule is C1=CCC2CN(Cc3ccccc3)CC2C1. The van der Waals surface area contributed by atoms with E-state index in [1.165, 1.54) is 31.5 Å². The van der Waals surface area contributed by atoms with Gasteiger partial charge in [-0.2, -0.15) is 0 Å². The Bertz CT molecular complexity index is 352. The lowest BCUT2D eigenvalue weighted by Gasteiger charge is -2.18. The van der Waals surface area contributed by atoms with Crippen molar-refractivity contribution < 1.29 is 0 Å². The number of hydrogen-bond acceptors (Lipinski definition) is 1. The summed E-state index contributed by atoms with van der Waals surface area (Å²) in [6.07, 6.45) is 7.34. The third kappa shape index (κ3) is 2.05. The molecule has 2 unspecified atom stereocenters. The first-order valence-corrected chi connectivity index (χ1v) is 6.33. The summed E-state index contributed by atoms with van der Waals surface area (Å²) in [5.74, 6) is 1.85. The number of rotatable bonds is 2. The van der Waals surface area contributed by atoms with Crippen LogP contribution in [0, 0.1) is 11.8 Å². The molecule has 2 atom stereocenters. The highest BCUT2D eigenvalue weighted by atomic mass is 15.2. The minimum Gasteiger partial charge on any atom is -0.298 e. The Morgan fingerprint density at radius 3 is 2.19 bits per heavy atom. The summed E-state index contributed by atoms with van der Waals surface area (Å²) in [6.45, 7) is 3.72. The van der Waals surface area contributed by atoms with Crippen LogP contribution in [0.3, 0.4) is 0 Å². The number of likely N-dealkylation sites (tertiary alicyclic amines) is 1. The fraction of sp³-hybridized carbons (Fsp3) is 0.467. The van der Waals surface area contributed by atoms with Crippen LogP contribution in [0.4, 0.5) is 0 Å². The van der Waals surface area contributed by atoms with Gasteiger partial charge in [0.2, 0.25) is 0 Å². The van der Waals surface area contributed by atoms with Crippen LogP contribution < -0.4 is 0 Å². The number of hydrogen-bond donors (Lipinski definition) is 0. The molecule has 1 heteroatoms. The van der Waals surface area contributed by atoms with Gasteiger partial charge in [-0.05, 0) is 30.2 Å². The van der Waals surface area contributed by atoms with Crippen LogP contribution in [0.25, 0.3) is 0 Å². The largest absolute Gasteiger partial charge is 0.298 e. The molecule has 0 spiro atoms. The number of allylic oxidation sites excluding steroid dienone is 2. The van der Waals surface area contributed by atoms with Crippen LogP contribution >= 0.6 is 0 Å². The molecule has 0 saturated carbocycles. The molecule has 1 nitrogen and oxygen atoms in total. The lowest BCUT2D eigenvalue weighted by atomic mass is 9.86. The molecule has 1 aliphatic carbocycles. The van der Waals surface area contributed by atoms with E-state index in [0.29, 0.717) is 0 Å². The van der Waals surface area contributed by atoms with Crippen molar-refractivity contribution in [1.82, 2.24) is 4.90 Å². The maximum Gasteiger partial charge on any atom is 0.0233 e. The molecule has 2 aliphatic rings. The maximum atomic E-state index is 2.62. The zero-order valence-corrected chi connectivity index (χ0v) is 9.68. The Kier molecular flexibility index (Phi) is 2.79. The summed E-state index contributed by atoms with van der Waals surface area (Å²) >= 11 is 0. The topological polar surface area (TPSA) is 3.24 Å². The van der Waals surface area contributed by atoms with Crippen molar-refractivity contribution in [2.75, 3.05) is 13.1 Å². The van der Waals surface area contributed by atoms with E-state index in [1.54, 1.807) is 0 Å². The lowest BCUT2D eigenvalue weighted by Crippen LogP contribution is -2.20. The predicted molar refractivity (Wildman–Crippen MR) is 67.1 cm³/mol. The molecular weight excluding hydrogens is 194 g/mol. The molecule has 0 amide bonds. The van der Waals surface area contributed by atoms with Crippen molar-refractivity contribution >= 4 is 0 Å². The number of nitrogens with zero attached hydrogens (tertiary/aromatic N) is 1. The van der Waals surface area contributed by atoms with E-state index in [0.717, 1.165) is 18.4 Å². The van der Waals surface area contributed by atoms with E-state index < -0.39 is 0 Å². The Morgan fingerprint density at radius 2 is 1.56 bits per heavy atom. The van der Waals surface area contributed by atoms with Gasteiger partial charge in [-0.3, -0.25) is 4.90 Å². The monoisotopic (exact) mass is 213 g/mol. The molecule has 0 N–H and O–H groups in total. The van der Waals surface area contributed by atoms with E-state index in [1.807, 2.05) is 0 Å². The average Bonchev–Trinajstić information content (AvgIpc) is 2.72. The van der Waals surface area contributed by atoms with Crippen molar-refractivity contribution in [2.45, 2.75) is 19.4 Å². The molecule has 16 heavy (non-hydrogen) atoms. The minimum atomic E-state index is 0.925. The minimum absolute atomic E-state index is 0.925. The highest BCUT2D eigenvalue weighted by molar-refractivity contribution is 5.15. The van der Waals surface area contributed by atoms with Crippen molar-refractivity contribution in [3.8, 4) is 0 Å². The molecule has 1 aliphatic heterocycles. The molecular formula is C15H19N. The van der Waals surface area contributed by atoms with Crippen LogP contribution in [0.15, 0.2) is 42.5 Å². The summed E-state index contributed by atoms with van der Waals surface area (Å²) in [7, 11) is 0. The van der Waals surface area contributed by atoms with E-state index in [-0.39, 0.29) is 0 Å². The molecule has 3 rings (SSSR count). The van der Waals surface area contributed by atoms with Crippen LogP contribution in [0.5, 0.6) is 0 Å². The van der Waals surface area contributed by atoms with Gasteiger partial charge in [0, 0.05) is 19.6 Å². The highest BCUT2D eigenvalue weighted by Crippen LogP contribution is 2.33. The predicted octanol–water partition coefficient (Wildman–Crippen LogP) is 3.08. The fourth-order valence-corrected chi connectivity index (χ4v) is 3.08. The summed E-state index contributed by atoms with van der Waals surface area (Å²) in [5, 5.41) is 0. The lowest BCUT2D eigenvalue weighted by molar-refractivity contribution is 0.314. The van der Waals surface area contributed by atoms with Gasteiger partial charge in [-0.1, -0.05) is 42.5 Å². The second-order valence-corrected chi connectivity index (χ2v) is 5.14. The summed E-state index contributed by atoms with van der Waals surface area (Å²) < 4.78 is 0. The first kappa shape index (κ1) is 10.1. The van der Waals surface area contributed by atoms with Gasteiger partial charge in [0.15, 0.2) is 0 Å². The average molecular weight is 213 g/mol. The van der Waals surface area contributed by atoms with Gasteiger partial charge < -0.3 is 0 Å². The van der Waals surface area contributed by atoms with Gasteiger partial charge in [0.05, 0.1) is 0 Å². The third-order valence-corrected chi connectivity index (χ3v) is 3.95. The zero-order valence-electron chi connectivity index (χ0n) is 9.68. The highest BCUT2D eigenvalue weighted by Gasteiger charge is 2.32. The van der Waals surface area contributed by atoms with Crippen molar-refractivity contribution in [3.05, 3.63) is 48.0 Å². The first-order chi connectivity index (χ1) is 7.92. The van der Waals surface area contributed by atoms with Gasteiger partial charge in [-0.25, -0.2) is 0 Å². The third-order valence-electron chi connectivity index (χ3n) is 3.95. The van der Waals surface area contributed by atoms with Crippen molar-refractivity contribution in [3.63, 3.8) is 0 Å². The van der Waals surface area contributed by atoms with E-state index >= 15 is 0 Å². The van der Waals surface area contributed by atoms with Gasteiger partial charge >= 0.3 is 0 Å². The maximum absolute atomic E-state index is 2.62. The van der Waals surface area contributed by atoms with Gasteiger partial charge in [0.1, 0.15) is 0 Å². The van der Waals surface area contributed by atoms with Crippen molar-refractivity contribution in [2.24, 2.45) is 11.8 Å². The molecule has 0 bridgehead atoms. The van der Waals surface area contributed by atoms with E-state index in [9.17, 15) is 0 Å². The fourth-order valence-electron chi connectivity index (χ4n) is 3.08. The molecule has 1 aromatic carbocycles. The van der Waals surface area contributed by atoms with Crippen molar-refractivity contribution in [1.29, 1.82) is 0 Å². The standard InChI is InChI=1S/C15H19N/c1-2-6-13(7-3-1)10-16-11-14-8-4-5-9-15(14)12-16/h1-7,14-15H,8-12H2. The Balaban J connectivity index is 1.62. The smallest absolute Gasteiger partial charge is 0.0233 e. The molecule has 0 radical (unpaired) electrons. The molecule has 1 aromatic rings. The van der Waals surface area contributed by atoms with E-state index in [2.05, 4.69) is 47.4 Å². The zero-order chi connectivity index (χ0) is 10.8. The van der Waals surface area contributed by atoms with Crippen LogP contribution in [0.1, 0.15) is 18.4 Å². The van der Waals surface area contributed by atoms with Crippen LogP contribution in [-0.4, -0.2) is 18.0 Å². The molecule has 84 valence electrons. The number of fused-ring (bicyclic) bond motifs is 1. The van der Waals surface area contributed by atoms with Crippen LogP contribution in [0.2, 0.25) is 0 Å². The second-order valence-electron chi connectivity index (χ2n) is 5.14. The Morgan fingerprint density at radius 1 is 0.938 bits per heavy atom. The number of benzene rings is 1. The summed E-state index contributed by atoms with van der Waals surface area (Å²) in [4.78, 5) is 2.62.